The molecule has 0 bridgehead atoms. The number of aromatic carboxylic acids is 1. The number of carboxylic acids is 2. The Balaban J connectivity index is 1.42. The van der Waals surface area contributed by atoms with Gasteiger partial charge in [-0.05, 0) is 42.7 Å². The van der Waals surface area contributed by atoms with Crippen LogP contribution >= 0.6 is 22.9 Å². The van der Waals surface area contributed by atoms with Crippen molar-refractivity contribution < 1.29 is 29.3 Å². The molecule has 4 N–H and O–H groups in total. The van der Waals surface area contributed by atoms with E-state index in [1.165, 1.54) is 6.92 Å². The van der Waals surface area contributed by atoms with Crippen LogP contribution in [0.2, 0.25) is 5.02 Å². The second-order valence-corrected chi connectivity index (χ2v) is 9.86. The van der Waals surface area contributed by atoms with Crippen LogP contribution in [0.15, 0.2) is 42.6 Å². The highest BCUT2D eigenvalue weighted by atomic mass is 35.5. The zero-order valence-electron chi connectivity index (χ0n) is 19.9. The number of aliphatic carboxylic acids is 1. The first-order valence-corrected chi connectivity index (χ1v) is 12.7. The second kappa shape index (κ2) is 11.5. The maximum absolute atomic E-state index is 11.7. The monoisotopic (exact) mass is 544 g/mol. The molecule has 1 fully saturated rings. The van der Waals surface area contributed by atoms with Crippen molar-refractivity contribution >= 4 is 58.0 Å². The fourth-order valence-electron chi connectivity index (χ4n) is 4.07. The number of halogens is 1. The summed E-state index contributed by atoms with van der Waals surface area (Å²) in [5, 5.41) is 24.7. The van der Waals surface area contributed by atoms with Gasteiger partial charge in [0, 0.05) is 31.7 Å². The number of carboxylic acid groups (broad SMARTS) is 2. The van der Waals surface area contributed by atoms with Gasteiger partial charge in [0.15, 0.2) is 17.2 Å². The largest absolute Gasteiger partial charge is 0.479 e. The fourth-order valence-corrected chi connectivity index (χ4v) is 5.48. The third-order valence-corrected chi connectivity index (χ3v) is 7.41. The van der Waals surface area contributed by atoms with Crippen LogP contribution in [0.1, 0.15) is 29.4 Å². The lowest BCUT2D eigenvalue weighted by Crippen LogP contribution is -2.39. The molecule has 10 nitrogen and oxygen atoms in total. The van der Waals surface area contributed by atoms with Gasteiger partial charge in [0.1, 0.15) is 10.8 Å². The molecular weight excluding hydrogens is 520 g/mol. The minimum absolute atomic E-state index is 0.0751. The van der Waals surface area contributed by atoms with Crippen LogP contribution in [0, 0.1) is 0 Å². The number of anilines is 3. The highest BCUT2D eigenvalue weighted by molar-refractivity contribution is 7.18. The minimum Gasteiger partial charge on any atom is -0.479 e. The van der Waals surface area contributed by atoms with Crippen molar-refractivity contribution in [3.8, 4) is 16.2 Å². The van der Waals surface area contributed by atoms with Gasteiger partial charge in [-0.3, -0.25) is 4.79 Å². The molecule has 0 unspecified atom stereocenters. The number of rotatable bonds is 9. The summed E-state index contributed by atoms with van der Waals surface area (Å²) in [7, 11) is 0. The van der Waals surface area contributed by atoms with Gasteiger partial charge >= 0.3 is 11.9 Å². The Morgan fingerprint density at radius 3 is 2.54 bits per heavy atom. The number of amides is 1. The molecule has 0 radical (unpaired) electrons. The van der Waals surface area contributed by atoms with E-state index in [9.17, 15) is 19.5 Å². The highest BCUT2D eigenvalue weighted by Gasteiger charge is 2.25. The lowest BCUT2D eigenvalue weighted by Gasteiger charge is -2.33. The van der Waals surface area contributed by atoms with Gasteiger partial charge in [-0.15, -0.1) is 11.3 Å². The van der Waals surface area contributed by atoms with E-state index in [0.717, 1.165) is 48.8 Å². The molecule has 0 atom stereocenters. The van der Waals surface area contributed by atoms with Crippen LogP contribution in [-0.2, 0) is 9.59 Å². The molecule has 0 saturated carbocycles. The van der Waals surface area contributed by atoms with Gasteiger partial charge in [-0.25, -0.2) is 14.6 Å². The number of piperidine rings is 1. The Bertz CT molecular complexity index is 1310. The lowest BCUT2D eigenvalue weighted by molar-refractivity contribution is -0.139. The molecule has 1 saturated heterocycles. The second-order valence-electron chi connectivity index (χ2n) is 8.46. The molecule has 2 aromatic heterocycles. The summed E-state index contributed by atoms with van der Waals surface area (Å²) in [6.07, 6.45) is 3.42. The van der Waals surface area contributed by atoms with Gasteiger partial charge < -0.3 is 30.5 Å². The van der Waals surface area contributed by atoms with Crippen LogP contribution in [0.3, 0.4) is 0 Å². The maximum atomic E-state index is 11.7. The quantitative estimate of drug-likeness (QED) is 0.302. The molecule has 1 aliphatic heterocycles. The molecule has 37 heavy (non-hydrogen) atoms. The van der Waals surface area contributed by atoms with E-state index in [2.05, 4.69) is 20.5 Å². The smallest absolute Gasteiger partial charge is 0.349 e. The molecule has 4 rings (SSSR count). The Morgan fingerprint density at radius 2 is 1.92 bits per heavy atom. The van der Waals surface area contributed by atoms with Crippen molar-refractivity contribution in [2.75, 3.05) is 35.2 Å². The molecule has 0 spiro atoms. The number of nitrogens with zero attached hydrogens (tertiary/aromatic N) is 2. The molecule has 1 aliphatic rings. The van der Waals surface area contributed by atoms with Crippen molar-refractivity contribution in [1.82, 2.24) is 4.98 Å². The molecule has 1 aromatic carbocycles. The number of benzene rings is 1. The third-order valence-electron chi connectivity index (χ3n) is 5.73. The SMILES string of the molecule is CC(=O)Nc1ccc(N2CCC(Nc3cccc(-c4sc(C(=O)O)c(OCC(=O)O)c4Cl)c3)CC2)nc1. The molecule has 0 aliphatic carbocycles. The zero-order chi connectivity index (χ0) is 26.5. The normalized spacial score (nSPS) is 13.7. The van der Waals surface area contributed by atoms with E-state index in [4.69, 9.17) is 21.4 Å². The molecule has 194 valence electrons. The summed E-state index contributed by atoms with van der Waals surface area (Å²) >= 11 is 7.36. The average molecular weight is 545 g/mol. The average Bonchev–Trinajstić information content (AvgIpc) is 3.20. The molecule has 12 heteroatoms. The summed E-state index contributed by atoms with van der Waals surface area (Å²) in [5.74, 6) is -1.88. The molecule has 3 heterocycles. The Labute approximate surface area is 221 Å². The predicted molar refractivity (Wildman–Crippen MR) is 142 cm³/mol. The molecule has 1 amide bonds. The van der Waals surface area contributed by atoms with Crippen LogP contribution in [0.25, 0.3) is 10.4 Å². The van der Waals surface area contributed by atoms with E-state index < -0.39 is 18.5 Å². The Kier molecular flexibility index (Phi) is 8.14. The standard InChI is InChI=1S/C25H25ClN4O6S/c1-14(31)28-18-5-6-19(27-12-18)30-9-7-16(8-10-30)29-17-4-2-3-15(11-17)23-21(26)22(36-13-20(32)33)24(37-23)25(34)35/h2-6,11-12,16,29H,7-10,13H2,1H3,(H,28,31)(H,32,33)(H,34,35). The lowest BCUT2D eigenvalue weighted by atomic mass is 10.0. The summed E-state index contributed by atoms with van der Waals surface area (Å²) in [4.78, 5) is 40.7. The number of hydrogen-bond acceptors (Lipinski definition) is 8. The van der Waals surface area contributed by atoms with Crippen LogP contribution < -0.4 is 20.3 Å². The topological polar surface area (TPSA) is 141 Å². The summed E-state index contributed by atoms with van der Waals surface area (Å²) < 4.78 is 5.17. The first-order chi connectivity index (χ1) is 17.7. The maximum Gasteiger partial charge on any atom is 0.349 e. The number of thiophene rings is 1. The van der Waals surface area contributed by atoms with E-state index in [0.29, 0.717) is 16.1 Å². The van der Waals surface area contributed by atoms with Crippen molar-refractivity contribution in [2.24, 2.45) is 0 Å². The van der Waals surface area contributed by atoms with E-state index >= 15 is 0 Å². The minimum atomic E-state index is -1.24. The van der Waals surface area contributed by atoms with Gasteiger partial charge in [-0.2, -0.15) is 0 Å². The van der Waals surface area contributed by atoms with E-state index in [1.807, 2.05) is 36.4 Å². The summed E-state index contributed by atoms with van der Waals surface area (Å²) in [5.41, 5.74) is 2.23. The Hall–Kier alpha value is -3.83. The summed E-state index contributed by atoms with van der Waals surface area (Å²) in [6.45, 7) is 2.39. The van der Waals surface area contributed by atoms with Gasteiger partial charge in [0.25, 0.3) is 0 Å². The molecule has 3 aromatic rings. The van der Waals surface area contributed by atoms with E-state index in [-0.39, 0.29) is 27.6 Å². The van der Waals surface area contributed by atoms with Crippen LogP contribution in [0.4, 0.5) is 17.2 Å². The third kappa shape index (κ3) is 6.49. The van der Waals surface area contributed by atoms with E-state index in [1.54, 1.807) is 6.20 Å². The number of aromatic nitrogens is 1. The van der Waals surface area contributed by atoms with Gasteiger partial charge in [0.2, 0.25) is 5.91 Å². The first kappa shape index (κ1) is 26.2. The molecular formula is C25H25ClN4O6S. The van der Waals surface area contributed by atoms with Crippen molar-refractivity contribution in [1.29, 1.82) is 0 Å². The number of carbonyl (C=O) groups is 3. The van der Waals surface area contributed by atoms with Gasteiger partial charge in [-0.1, -0.05) is 23.7 Å². The summed E-state index contributed by atoms with van der Waals surface area (Å²) in [6, 6.07) is 11.4. The number of hydrogen-bond donors (Lipinski definition) is 4. The van der Waals surface area contributed by atoms with Crippen molar-refractivity contribution in [3.63, 3.8) is 0 Å². The van der Waals surface area contributed by atoms with Crippen LogP contribution in [0.5, 0.6) is 5.75 Å². The Morgan fingerprint density at radius 1 is 1.16 bits per heavy atom. The highest BCUT2D eigenvalue weighted by Crippen LogP contribution is 2.46. The van der Waals surface area contributed by atoms with Crippen LogP contribution in [-0.4, -0.2) is 58.8 Å². The number of ether oxygens (including phenoxy) is 1. The number of pyridine rings is 1. The van der Waals surface area contributed by atoms with Gasteiger partial charge in [0.05, 0.1) is 16.8 Å². The predicted octanol–water partition coefficient (Wildman–Crippen LogP) is 4.66. The van der Waals surface area contributed by atoms with Crippen molar-refractivity contribution in [2.45, 2.75) is 25.8 Å². The van der Waals surface area contributed by atoms with Crippen molar-refractivity contribution in [3.05, 3.63) is 52.5 Å². The number of nitrogens with one attached hydrogen (secondary N) is 2. The fraction of sp³-hybridized carbons (Fsp3) is 0.280. The number of carbonyl (C=O) groups excluding carboxylic acids is 1. The first-order valence-electron chi connectivity index (χ1n) is 11.5. The zero-order valence-corrected chi connectivity index (χ0v) is 21.4.